The molecule has 0 spiro atoms. The molecule has 1 aromatic rings. The zero-order valence-electron chi connectivity index (χ0n) is 12.9. The summed E-state index contributed by atoms with van der Waals surface area (Å²) in [6.07, 6.45) is 6.15. The Hall–Kier alpha value is -0.860. The monoisotopic (exact) mass is 276 g/mol. The van der Waals surface area contributed by atoms with E-state index in [-0.39, 0.29) is 5.60 Å². The highest BCUT2D eigenvalue weighted by molar-refractivity contribution is 5.13. The second-order valence-corrected chi connectivity index (χ2v) is 6.15. The van der Waals surface area contributed by atoms with E-state index in [0.717, 1.165) is 25.7 Å². The molecule has 0 unspecified atom stereocenters. The highest BCUT2D eigenvalue weighted by Crippen LogP contribution is 2.35. The summed E-state index contributed by atoms with van der Waals surface area (Å²) in [6.45, 7) is 6.81. The number of hydrogen-bond acceptors (Lipinski definition) is 2. The van der Waals surface area contributed by atoms with Gasteiger partial charge in [-0.3, -0.25) is 0 Å². The van der Waals surface area contributed by atoms with Crippen molar-refractivity contribution in [1.82, 2.24) is 0 Å². The van der Waals surface area contributed by atoms with E-state index in [2.05, 4.69) is 38.1 Å². The maximum atomic E-state index is 5.87. The van der Waals surface area contributed by atoms with Crippen LogP contribution >= 0.6 is 0 Å². The number of rotatable bonds is 7. The highest BCUT2D eigenvalue weighted by Gasteiger charge is 2.31. The Balaban J connectivity index is 1.59. The third-order valence-electron chi connectivity index (χ3n) is 4.44. The molecule has 0 radical (unpaired) electrons. The third kappa shape index (κ3) is 4.92. The molecule has 0 saturated heterocycles. The lowest BCUT2D eigenvalue weighted by Crippen LogP contribution is -2.34. The molecule has 0 N–H and O–H groups in total. The second-order valence-electron chi connectivity index (χ2n) is 6.15. The smallest absolute Gasteiger partial charge is 0.0716 e. The van der Waals surface area contributed by atoms with Crippen LogP contribution < -0.4 is 0 Å². The minimum Gasteiger partial charge on any atom is -0.377 e. The largest absolute Gasteiger partial charge is 0.377 e. The van der Waals surface area contributed by atoms with E-state index >= 15 is 0 Å². The van der Waals surface area contributed by atoms with Gasteiger partial charge in [0.15, 0.2) is 0 Å². The van der Waals surface area contributed by atoms with Crippen LogP contribution in [0.4, 0.5) is 0 Å². The van der Waals surface area contributed by atoms with Gasteiger partial charge in [-0.1, -0.05) is 30.3 Å². The van der Waals surface area contributed by atoms with Crippen LogP contribution in [0.5, 0.6) is 0 Å². The molecular formula is C18H28O2. The molecule has 1 fully saturated rings. The minimum atomic E-state index is 0.135. The molecule has 2 nitrogen and oxygen atoms in total. The van der Waals surface area contributed by atoms with Crippen LogP contribution in [0.25, 0.3) is 0 Å². The number of hydrogen-bond donors (Lipinski definition) is 0. The van der Waals surface area contributed by atoms with Crippen LogP contribution in [0.1, 0.15) is 51.5 Å². The molecule has 2 rings (SSSR count). The van der Waals surface area contributed by atoms with Gasteiger partial charge in [0.1, 0.15) is 0 Å². The summed E-state index contributed by atoms with van der Waals surface area (Å²) in [7, 11) is 0. The summed E-state index contributed by atoms with van der Waals surface area (Å²) >= 11 is 0. The molecule has 0 aliphatic heterocycles. The van der Waals surface area contributed by atoms with Crippen LogP contribution in [-0.4, -0.2) is 18.8 Å². The van der Waals surface area contributed by atoms with Gasteiger partial charge >= 0.3 is 0 Å². The quantitative estimate of drug-likeness (QED) is 0.679. The van der Waals surface area contributed by atoms with Gasteiger partial charge in [0, 0.05) is 13.2 Å². The standard InChI is InChI=1S/C18H28O2/c1-3-20-18(2)12-9-16(10-13-18)11-14-19-15-17-7-5-4-6-8-17/h4-8,16H,3,9-15H2,1-2H3. The Labute approximate surface area is 123 Å². The van der Waals surface area contributed by atoms with Gasteiger partial charge in [0.05, 0.1) is 12.2 Å². The molecule has 112 valence electrons. The second kappa shape index (κ2) is 7.80. The molecule has 20 heavy (non-hydrogen) atoms. The predicted molar refractivity (Wildman–Crippen MR) is 82.7 cm³/mol. The molecule has 0 heterocycles. The van der Waals surface area contributed by atoms with Gasteiger partial charge in [-0.2, -0.15) is 0 Å². The lowest BCUT2D eigenvalue weighted by Gasteiger charge is -2.37. The van der Waals surface area contributed by atoms with E-state index in [1.54, 1.807) is 0 Å². The summed E-state index contributed by atoms with van der Waals surface area (Å²) < 4.78 is 11.7. The van der Waals surface area contributed by atoms with E-state index in [1.165, 1.54) is 37.7 Å². The first kappa shape index (κ1) is 15.5. The maximum Gasteiger partial charge on any atom is 0.0716 e. The SMILES string of the molecule is CCOC1(C)CCC(CCOCc2ccccc2)CC1. The fraction of sp³-hybridized carbons (Fsp3) is 0.667. The summed E-state index contributed by atoms with van der Waals surface area (Å²) in [5, 5.41) is 0. The Kier molecular flexibility index (Phi) is 6.06. The van der Waals surface area contributed by atoms with Crippen LogP contribution in [0.3, 0.4) is 0 Å². The maximum absolute atomic E-state index is 5.87. The van der Waals surface area contributed by atoms with Crippen molar-refractivity contribution in [2.45, 2.75) is 58.2 Å². The van der Waals surface area contributed by atoms with Crippen molar-refractivity contribution >= 4 is 0 Å². The lowest BCUT2D eigenvalue weighted by atomic mass is 9.78. The lowest BCUT2D eigenvalue weighted by molar-refractivity contribution is -0.0612. The fourth-order valence-electron chi connectivity index (χ4n) is 3.08. The van der Waals surface area contributed by atoms with Crippen molar-refractivity contribution in [3.05, 3.63) is 35.9 Å². The van der Waals surface area contributed by atoms with Gasteiger partial charge in [0.25, 0.3) is 0 Å². The molecule has 1 saturated carbocycles. The Morgan fingerprint density at radius 3 is 2.50 bits per heavy atom. The third-order valence-corrected chi connectivity index (χ3v) is 4.44. The summed E-state index contributed by atoms with van der Waals surface area (Å²) in [5.74, 6) is 0.819. The fourth-order valence-corrected chi connectivity index (χ4v) is 3.08. The average Bonchev–Trinajstić information content (AvgIpc) is 2.47. The summed E-state index contributed by atoms with van der Waals surface area (Å²) in [4.78, 5) is 0. The van der Waals surface area contributed by atoms with Gasteiger partial charge in [-0.15, -0.1) is 0 Å². The Bertz CT molecular complexity index is 366. The van der Waals surface area contributed by atoms with Gasteiger partial charge in [-0.25, -0.2) is 0 Å². The Morgan fingerprint density at radius 2 is 1.85 bits per heavy atom. The van der Waals surface area contributed by atoms with E-state index in [1.807, 2.05) is 6.07 Å². The van der Waals surface area contributed by atoms with Gasteiger partial charge in [0.2, 0.25) is 0 Å². The molecular weight excluding hydrogens is 248 g/mol. The topological polar surface area (TPSA) is 18.5 Å². The molecule has 0 aromatic heterocycles. The number of ether oxygens (including phenoxy) is 2. The molecule has 1 aromatic carbocycles. The molecule has 2 heteroatoms. The predicted octanol–water partition coefficient (Wildman–Crippen LogP) is 4.58. The van der Waals surface area contributed by atoms with E-state index in [9.17, 15) is 0 Å². The summed E-state index contributed by atoms with van der Waals surface area (Å²) in [5.41, 5.74) is 1.40. The zero-order valence-corrected chi connectivity index (χ0v) is 12.9. The van der Waals surface area contributed by atoms with Gasteiger partial charge in [-0.05, 0) is 57.4 Å². The van der Waals surface area contributed by atoms with E-state index < -0.39 is 0 Å². The molecule has 0 atom stereocenters. The van der Waals surface area contributed by atoms with E-state index in [4.69, 9.17) is 9.47 Å². The van der Waals surface area contributed by atoms with Crippen LogP contribution in [0.15, 0.2) is 30.3 Å². The molecule has 1 aliphatic carbocycles. The average molecular weight is 276 g/mol. The number of benzene rings is 1. The van der Waals surface area contributed by atoms with E-state index in [0.29, 0.717) is 0 Å². The first-order valence-electron chi connectivity index (χ1n) is 7.97. The normalized spacial score (nSPS) is 26.6. The van der Waals surface area contributed by atoms with Crippen molar-refractivity contribution in [2.75, 3.05) is 13.2 Å². The van der Waals surface area contributed by atoms with Crippen molar-refractivity contribution in [2.24, 2.45) is 5.92 Å². The molecule has 0 bridgehead atoms. The van der Waals surface area contributed by atoms with Crippen LogP contribution in [0.2, 0.25) is 0 Å². The van der Waals surface area contributed by atoms with Crippen LogP contribution in [-0.2, 0) is 16.1 Å². The first-order chi connectivity index (χ1) is 9.72. The van der Waals surface area contributed by atoms with Crippen LogP contribution in [0, 0.1) is 5.92 Å². The summed E-state index contributed by atoms with van der Waals surface area (Å²) in [6, 6.07) is 10.4. The van der Waals surface area contributed by atoms with Gasteiger partial charge < -0.3 is 9.47 Å². The molecule has 0 amide bonds. The van der Waals surface area contributed by atoms with Crippen molar-refractivity contribution in [3.63, 3.8) is 0 Å². The molecule has 1 aliphatic rings. The highest BCUT2D eigenvalue weighted by atomic mass is 16.5. The van der Waals surface area contributed by atoms with Crippen molar-refractivity contribution < 1.29 is 9.47 Å². The Morgan fingerprint density at radius 1 is 1.15 bits per heavy atom. The van der Waals surface area contributed by atoms with Crippen molar-refractivity contribution in [3.8, 4) is 0 Å². The van der Waals surface area contributed by atoms with Crippen molar-refractivity contribution in [1.29, 1.82) is 0 Å². The zero-order chi connectivity index (χ0) is 14.3. The minimum absolute atomic E-state index is 0.135. The first-order valence-corrected chi connectivity index (χ1v) is 7.97.